The Labute approximate surface area is 145 Å². The number of nitrogens with one attached hydrogen (secondary N) is 1. The lowest BCUT2D eigenvalue weighted by Gasteiger charge is -2.35. The first-order chi connectivity index (χ1) is 11.6. The Balaban J connectivity index is 1.51. The molecule has 24 heavy (non-hydrogen) atoms. The Bertz CT molecular complexity index is 595. The summed E-state index contributed by atoms with van der Waals surface area (Å²) in [5.74, 6) is 0.765. The van der Waals surface area contributed by atoms with Gasteiger partial charge in [0.2, 0.25) is 0 Å². The molecule has 2 heterocycles. The third kappa shape index (κ3) is 4.38. The Hall–Kier alpha value is -1.81. The molecule has 0 spiro atoms. The minimum Gasteiger partial charge on any atom is -0.371 e. The van der Waals surface area contributed by atoms with Crippen molar-refractivity contribution in [2.75, 3.05) is 18.0 Å². The Morgan fingerprint density at radius 3 is 2.33 bits per heavy atom. The molecule has 1 aromatic carbocycles. The topological polar surface area (TPSA) is 33.1 Å². The van der Waals surface area contributed by atoms with Crippen molar-refractivity contribution in [3.63, 3.8) is 0 Å². The molecule has 1 aliphatic heterocycles. The maximum Gasteiger partial charge on any atom is 0.0647 e. The zero-order valence-electron chi connectivity index (χ0n) is 15.2. The molecule has 1 saturated heterocycles. The van der Waals surface area contributed by atoms with E-state index in [4.69, 9.17) is 0 Å². The number of nitrogens with zero attached hydrogens (tertiary/aromatic N) is 3. The van der Waals surface area contributed by atoms with Crippen molar-refractivity contribution in [3.8, 4) is 5.69 Å². The van der Waals surface area contributed by atoms with E-state index in [1.807, 2.05) is 23.1 Å². The fraction of sp³-hybridized carbons (Fsp3) is 0.550. The van der Waals surface area contributed by atoms with Gasteiger partial charge in [0.1, 0.15) is 0 Å². The second kappa shape index (κ2) is 7.84. The lowest BCUT2D eigenvalue weighted by molar-refractivity contribution is 0.346. The van der Waals surface area contributed by atoms with E-state index in [0.717, 1.165) is 24.7 Å². The fourth-order valence-electron chi connectivity index (χ4n) is 3.72. The maximum atomic E-state index is 4.28. The first kappa shape index (κ1) is 17.0. The quantitative estimate of drug-likeness (QED) is 0.875. The van der Waals surface area contributed by atoms with Gasteiger partial charge in [0, 0.05) is 43.3 Å². The lowest BCUT2D eigenvalue weighted by atomic mass is 10.00. The Kier molecular flexibility index (Phi) is 5.56. The van der Waals surface area contributed by atoms with Gasteiger partial charge in [-0.1, -0.05) is 13.8 Å². The number of hydrogen-bond acceptors (Lipinski definition) is 3. The van der Waals surface area contributed by atoms with Crippen LogP contribution in [0, 0.1) is 5.92 Å². The predicted octanol–water partition coefficient (Wildman–Crippen LogP) is 3.87. The second-order valence-corrected chi connectivity index (χ2v) is 7.43. The molecule has 0 bridgehead atoms. The molecule has 2 aromatic rings. The molecule has 1 aromatic heterocycles. The smallest absolute Gasteiger partial charge is 0.0647 e. The number of benzene rings is 1. The summed E-state index contributed by atoms with van der Waals surface area (Å²) in [7, 11) is 0. The molecular formula is C20H30N4. The largest absolute Gasteiger partial charge is 0.371 e. The molecule has 0 amide bonds. The summed E-state index contributed by atoms with van der Waals surface area (Å²) < 4.78 is 1.90. The Morgan fingerprint density at radius 1 is 1.08 bits per heavy atom. The van der Waals surface area contributed by atoms with Gasteiger partial charge in [0.05, 0.1) is 5.69 Å². The van der Waals surface area contributed by atoms with Crippen molar-refractivity contribution in [3.05, 3.63) is 42.7 Å². The van der Waals surface area contributed by atoms with Crippen LogP contribution in [0.25, 0.3) is 5.69 Å². The molecule has 4 heteroatoms. The van der Waals surface area contributed by atoms with Gasteiger partial charge in [-0.15, -0.1) is 0 Å². The number of rotatable bonds is 6. The molecule has 0 saturated carbocycles. The highest BCUT2D eigenvalue weighted by Crippen LogP contribution is 2.22. The van der Waals surface area contributed by atoms with Crippen LogP contribution in [0.5, 0.6) is 0 Å². The average molecular weight is 326 g/mol. The van der Waals surface area contributed by atoms with E-state index in [2.05, 4.69) is 60.4 Å². The van der Waals surface area contributed by atoms with E-state index >= 15 is 0 Å². The van der Waals surface area contributed by atoms with Gasteiger partial charge in [-0.25, -0.2) is 4.68 Å². The first-order valence-corrected chi connectivity index (χ1v) is 9.23. The third-order valence-corrected chi connectivity index (χ3v) is 4.82. The van der Waals surface area contributed by atoms with Crippen LogP contribution in [0.3, 0.4) is 0 Å². The molecule has 1 unspecified atom stereocenters. The van der Waals surface area contributed by atoms with Crippen LogP contribution in [-0.2, 0) is 0 Å². The lowest BCUT2D eigenvalue weighted by Crippen LogP contribution is -2.45. The van der Waals surface area contributed by atoms with E-state index in [9.17, 15) is 0 Å². The van der Waals surface area contributed by atoms with Crippen LogP contribution >= 0.6 is 0 Å². The molecule has 3 rings (SSSR count). The van der Waals surface area contributed by atoms with E-state index in [1.54, 1.807) is 0 Å². The van der Waals surface area contributed by atoms with Crippen LogP contribution in [0.1, 0.15) is 40.0 Å². The third-order valence-electron chi connectivity index (χ3n) is 4.82. The predicted molar refractivity (Wildman–Crippen MR) is 101 cm³/mol. The standard InChI is InChI=1S/C20H30N4/c1-16(2)15-17(3)22-18-9-13-23(14-10-18)19-5-7-20(8-6-19)24-12-4-11-21-24/h4-8,11-12,16-18,22H,9-10,13-15H2,1-3H3. The van der Waals surface area contributed by atoms with Gasteiger partial charge in [-0.2, -0.15) is 5.10 Å². The zero-order valence-corrected chi connectivity index (χ0v) is 15.2. The molecule has 0 radical (unpaired) electrons. The summed E-state index contributed by atoms with van der Waals surface area (Å²) in [5.41, 5.74) is 2.43. The minimum atomic E-state index is 0.620. The molecule has 1 atom stereocenters. The Morgan fingerprint density at radius 2 is 1.75 bits per heavy atom. The van der Waals surface area contributed by atoms with E-state index in [1.165, 1.54) is 24.9 Å². The number of aromatic nitrogens is 2. The molecule has 0 aliphatic carbocycles. The van der Waals surface area contributed by atoms with Crippen molar-refractivity contribution in [1.82, 2.24) is 15.1 Å². The van der Waals surface area contributed by atoms with Crippen molar-refractivity contribution in [1.29, 1.82) is 0 Å². The number of hydrogen-bond donors (Lipinski definition) is 1. The summed E-state index contributed by atoms with van der Waals surface area (Å²) >= 11 is 0. The highest BCUT2D eigenvalue weighted by molar-refractivity contribution is 5.51. The van der Waals surface area contributed by atoms with Crippen LogP contribution in [-0.4, -0.2) is 35.0 Å². The highest BCUT2D eigenvalue weighted by atomic mass is 15.3. The zero-order chi connectivity index (χ0) is 16.9. The monoisotopic (exact) mass is 326 g/mol. The SMILES string of the molecule is CC(C)CC(C)NC1CCN(c2ccc(-n3cccn3)cc2)CC1. The first-order valence-electron chi connectivity index (χ1n) is 9.23. The summed E-state index contributed by atoms with van der Waals surface area (Å²) in [6, 6.07) is 12.0. The van der Waals surface area contributed by atoms with E-state index < -0.39 is 0 Å². The summed E-state index contributed by atoms with van der Waals surface area (Å²) in [5, 5.41) is 8.09. The minimum absolute atomic E-state index is 0.620. The van der Waals surface area contributed by atoms with Crippen LogP contribution in [0.2, 0.25) is 0 Å². The van der Waals surface area contributed by atoms with Crippen LogP contribution in [0.4, 0.5) is 5.69 Å². The normalized spacial score (nSPS) is 17.4. The number of piperidine rings is 1. The van der Waals surface area contributed by atoms with Crippen molar-refractivity contribution in [2.24, 2.45) is 5.92 Å². The highest BCUT2D eigenvalue weighted by Gasteiger charge is 2.20. The molecule has 130 valence electrons. The van der Waals surface area contributed by atoms with Crippen LogP contribution < -0.4 is 10.2 Å². The fourth-order valence-corrected chi connectivity index (χ4v) is 3.72. The van der Waals surface area contributed by atoms with Gasteiger partial charge >= 0.3 is 0 Å². The maximum absolute atomic E-state index is 4.28. The molecule has 1 aliphatic rings. The summed E-state index contributed by atoms with van der Waals surface area (Å²) in [6.45, 7) is 9.18. The van der Waals surface area contributed by atoms with Gasteiger partial charge in [0.15, 0.2) is 0 Å². The number of anilines is 1. The van der Waals surface area contributed by atoms with Crippen molar-refractivity contribution in [2.45, 2.75) is 52.1 Å². The van der Waals surface area contributed by atoms with E-state index in [0.29, 0.717) is 12.1 Å². The summed E-state index contributed by atoms with van der Waals surface area (Å²) in [6.07, 6.45) is 7.50. The van der Waals surface area contributed by atoms with Gasteiger partial charge in [0.25, 0.3) is 0 Å². The second-order valence-electron chi connectivity index (χ2n) is 7.43. The van der Waals surface area contributed by atoms with Crippen molar-refractivity contribution < 1.29 is 0 Å². The molecular weight excluding hydrogens is 296 g/mol. The molecule has 4 nitrogen and oxygen atoms in total. The van der Waals surface area contributed by atoms with Gasteiger partial charge in [-0.05, 0) is 62.4 Å². The van der Waals surface area contributed by atoms with Crippen LogP contribution in [0.15, 0.2) is 42.7 Å². The molecule has 1 fully saturated rings. The van der Waals surface area contributed by atoms with Crippen molar-refractivity contribution >= 4 is 5.69 Å². The molecule has 1 N–H and O–H groups in total. The van der Waals surface area contributed by atoms with E-state index in [-0.39, 0.29) is 0 Å². The summed E-state index contributed by atoms with van der Waals surface area (Å²) in [4.78, 5) is 2.50. The average Bonchev–Trinajstić information content (AvgIpc) is 3.09. The van der Waals surface area contributed by atoms with Gasteiger partial charge in [-0.3, -0.25) is 0 Å². The van der Waals surface area contributed by atoms with Gasteiger partial charge < -0.3 is 10.2 Å².